The number of rotatable bonds is 3. The Morgan fingerprint density at radius 2 is 2.29 bits per heavy atom. The number of urea groups is 1. The van der Waals surface area contributed by atoms with Gasteiger partial charge in [0.1, 0.15) is 6.54 Å². The summed E-state index contributed by atoms with van der Waals surface area (Å²) >= 11 is 0. The van der Waals surface area contributed by atoms with Crippen molar-refractivity contribution in [3.63, 3.8) is 0 Å². The Balaban J connectivity index is 2.36. The van der Waals surface area contributed by atoms with Gasteiger partial charge < -0.3 is 15.0 Å². The standard InChI is InChI=1S/C10H15F3N2O2/c1-17-6-8-2-4-15(5-3-8)9(16)14-7-10(11,12)13/h2H,3-7H2,1H3,(H,14,16). The van der Waals surface area contributed by atoms with Crippen molar-refractivity contribution in [2.24, 2.45) is 0 Å². The van der Waals surface area contributed by atoms with Gasteiger partial charge in [0.2, 0.25) is 0 Å². The highest BCUT2D eigenvalue weighted by atomic mass is 19.4. The van der Waals surface area contributed by atoms with E-state index in [-0.39, 0.29) is 0 Å². The molecule has 1 aliphatic heterocycles. The zero-order valence-electron chi connectivity index (χ0n) is 9.51. The summed E-state index contributed by atoms with van der Waals surface area (Å²) in [5.74, 6) is 0. The number of hydrogen-bond donors (Lipinski definition) is 1. The minimum atomic E-state index is -4.37. The predicted molar refractivity (Wildman–Crippen MR) is 55.6 cm³/mol. The van der Waals surface area contributed by atoms with Gasteiger partial charge in [0.15, 0.2) is 0 Å². The lowest BCUT2D eigenvalue weighted by Gasteiger charge is -2.26. The van der Waals surface area contributed by atoms with Crippen molar-refractivity contribution in [3.8, 4) is 0 Å². The predicted octanol–water partition coefficient (Wildman–Crippen LogP) is 1.54. The van der Waals surface area contributed by atoms with Gasteiger partial charge in [-0.05, 0) is 12.0 Å². The monoisotopic (exact) mass is 252 g/mol. The maximum atomic E-state index is 11.9. The third-order valence-electron chi connectivity index (χ3n) is 2.36. The molecule has 1 N–H and O–H groups in total. The molecule has 0 aromatic rings. The second-order valence-corrected chi connectivity index (χ2v) is 3.77. The minimum absolute atomic E-state index is 0.322. The fraction of sp³-hybridized carbons (Fsp3) is 0.700. The van der Waals surface area contributed by atoms with Crippen molar-refractivity contribution in [2.45, 2.75) is 12.6 Å². The zero-order chi connectivity index (χ0) is 12.9. The lowest BCUT2D eigenvalue weighted by Crippen LogP contribution is -2.45. The minimum Gasteiger partial charge on any atom is -0.380 e. The van der Waals surface area contributed by atoms with E-state index < -0.39 is 18.8 Å². The highest BCUT2D eigenvalue weighted by Gasteiger charge is 2.29. The van der Waals surface area contributed by atoms with Gasteiger partial charge >= 0.3 is 12.2 Å². The second kappa shape index (κ2) is 5.90. The van der Waals surface area contributed by atoms with Crippen LogP contribution in [0.2, 0.25) is 0 Å². The number of nitrogens with zero attached hydrogens (tertiary/aromatic N) is 1. The van der Waals surface area contributed by atoms with Crippen LogP contribution in [0, 0.1) is 0 Å². The molecule has 0 aliphatic carbocycles. The molecule has 0 spiro atoms. The average molecular weight is 252 g/mol. The summed E-state index contributed by atoms with van der Waals surface area (Å²) in [5.41, 5.74) is 1.06. The first-order chi connectivity index (χ1) is 7.92. The average Bonchev–Trinajstić information content (AvgIpc) is 2.26. The first kappa shape index (κ1) is 13.8. The topological polar surface area (TPSA) is 41.6 Å². The van der Waals surface area contributed by atoms with Crippen LogP contribution in [0.4, 0.5) is 18.0 Å². The van der Waals surface area contributed by atoms with Crippen molar-refractivity contribution < 1.29 is 22.7 Å². The molecular formula is C10H15F3N2O2. The van der Waals surface area contributed by atoms with Crippen LogP contribution in [0.3, 0.4) is 0 Å². The number of alkyl halides is 3. The summed E-state index contributed by atoms with van der Waals surface area (Å²) in [5, 5.41) is 1.84. The summed E-state index contributed by atoms with van der Waals surface area (Å²) in [6.45, 7) is -0.0593. The molecule has 0 bridgehead atoms. The van der Waals surface area contributed by atoms with Crippen LogP contribution < -0.4 is 5.32 Å². The van der Waals surface area contributed by atoms with E-state index in [4.69, 9.17) is 4.74 Å². The van der Waals surface area contributed by atoms with Gasteiger partial charge in [0.25, 0.3) is 0 Å². The summed E-state index contributed by atoms with van der Waals surface area (Å²) in [6, 6.07) is -0.685. The molecule has 0 aromatic heterocycles. The van der Waals surface area contributed by atoms with Gasteiger partial charge in [-0.25, -0.2) is 4.79 Å². The number of nitrogens with one attached hydrogen (secondary N) is 1. The Labute approximate surface area is 97.4 Å². The molecule has 1 aliphatic rings. The van der Waals surface area contributed by atoms with E-state index in [9.17, 15) is 18.0 Å². The Kier molecular flexibility index (Phi) is 4.80. The van der Waals surface area contributed by atoms with E-state index in [1.54, 1.807) is 13.2 Å². The molecule has 0 radical (unpaired) electrons. The Hall–Kier alpha value is -1.24. The zero-order valence-corrected chi connectivity index (χ0v) is 9.51. The molecule has 7 heteroatoms. The second-order valence-electron chi connectivity index (χ2n) is 3.77. The van der Waals surface area contributed by atoms with E-state index in [0.29, 0.717) is 26.1 Å². The maximum Gasteiger partial charge on any atom is 0.405 e. The molecule has 0 unspecified atom stereocenters. The van der Waals surface area contributed by atoms with Crippen LogP contribution in [0.15, 0.2) is 11.6 Å². The number of ether oxygens (including phenoxy) is 1. The van der Waals surface area contributed by atoms with Gasteiger partial charge in [0.05, 0.1) is 6.61 Å². The normalized spacial score (nSPS) is 16.7. The fourth-order valence-electron chi connectivity index (χ4n) is 1.50. The Bertz CT molecular complexity index is 302. The Morgan fingerprint density at radius 3 is 2.76 bits per heavy atom. The molecule has 17 heavy (non-hydrogen) atoms. The number of hydrogen-bond acceptors (Lipinski definition) is 2. The lowest BCUT2D eigenvalue weighted by molar-refractivity contribution is -0.123. The van der Waals surface area contributed by atoms with Crippen molar-refractivity contribution in [2.75, 3.05) is 33.4 Å². The number of halogens is 3. The molecule has 0 fully saturated rings. The van der Waals surface area contributed by atoms with E-state index in [2.05, 4.69) is 0 Å². The summed E-state index contributed by atoms with van der Waals surface area (Å²) in [7, 11) is 1.57. The van der Waals surface area contributed by atoms with Crippen LogP contribution in [0.1, 0.15) is 6.42 Å². The van der Waals surface area contributed by atoms with Crippen LogP contribution in [-0.4, -0.2) is 50.5 Å². The van der Waals surface area contributed by atoms with Gasteiger partial charge in [0, 0.05) is 20.2 Å². The number of methoxy groups -OCH3 is 1. The first-order valence-electron chi connectivity index (χ1n) is 5.19. The van der Waals surface area contributed by atoms with Crippen LogP contribution >= 0.6 is 0 Å². The summed E-state index contributed by atoms with van der Waals surface area (Å²) in [4.78, 5) is 12.7. The fourth-order valence-corrected chi connectivity index (χ4v) is 1.50. The maximum absolute atomic E-state index is 11.9. The first-order valence-corrected chi connectivity index (χ1v) is 5.19. The molecule has 0 saturated heterocycles. The molecule has 2 amide bonds. The quantitative estimate of drug-likeness (QED) is 0.774. The third-order valence-corrected chi connectivity index (χ3v) is 2.36. The lowest BCUT2D eigenvalue weighted by atomic mass is 10.1. The smallest absolute Gasteiger partial charge is 0.380 e. The molecule has 98 valence electrons. The number of carbonyl (C=O) groups excluding carboxylic acids is 1. The SMILES string of the molecule is COCC1=CCN(C(=O)NCC(F)(F)F)CC1. The van der Waals surface area contributed by atoms with Crippen LogP contribution in [0.5, 0.6) is 0 Å². The van der Waals surface area contributed by atoms with E-state index in [1.807, 2.05) is 5.32 Å². The van der Waals surface area contributed by atoms with Crippen molar-refractivity contribution in [1.82, 2.24) is 10.2 Å². The molecule has 0 aromatic carbocycles. The van der Waals surface area contributed by atoms with Gasteiger partial charge in [-0.3, -0.25) is 0 Å². The molecule has 1 rings (SSSR count). The van der Waals surface area contributed by atoms with E-state index in [1.165, 1.54) is 4.90 Å². The number of amides is 2. The largest absolute Gasteiger partial charge is 0.405 e. The van der Waals surface area contributed by atoms with Crippen LogP contribution in [-0.2, 0) is 4.74 Å². The van der Waals surface area contributed by atoms with Crippen molar-refractivity contribution in [1.29, 1.82) is 0 Å². The molecule has 0 saturated carbocycles. The highest BCUT2D eigenvalue weighted by molar-refractivity contribution is 5.74. The number of carbonyl (C=O) groups is 1. The molecular weight excluding hydrogens is 237 g/mol. The van der Waals surface area contributed by atoms with Gasteiger partial charge in [-0.1, -0.05) is 6.08 Å². The highest BCUT2D eigenvalue weighted by Crippen LogP contribution is 2.14. The van der Waals surface area contributed by atoms with Crippen molar-refractivity contribution in [3.05, 3.63) is 11.6 Å². The third kappa shape index (κ3) is 5.08. The van der Waals surface area contributed by atoms with E-state index >= 15 is 0 Å². The van der Waals surface area contributed by atoms with Gasteiger partial charge in [-0.15, -0.1) is 0 Å². The summed E-state index contributed by atoms with van der Waals surface area (Å²) < 4.78 is 40.6. The van der Waals surface area contributed by atoms with E-state index in [0.717, 1.165) is 5.57 Å². The molecule has 0 atom stereocenters. The Morgan fingerprint density at radius 1 is 1.59 bits per heavy atom. The van der Waals surface area contributed by atoms with Crippen molar-refractivity contribution >= 4 is 6.03 Å². The van der Waals surface area contributed by atoms with Gasteiger partial charge in [-0.2, -0.15) is 13.2 Å². The summed E-state index contributed by atoms with van der Waals surface area (Å²) in [6.07, 6.45) is -1.93. The molecule has 1 heterocycles. The molecule has 4 nitrogen and oxygen atoms in total. The van der Waals surface area contributed by atoms with Crippen LogP contribution in [0.25, 0.3) is 0 Å².